The standard InChI is InChI=1S/C22H28N2O4/c1-24-20(22(26)28-16-18-11-6-3-7-12-18)14-8-13-19(23)21(25)27-15-17-9-4-2-5-10-17/h2-7,9-12,19-20,24H,8,13-16,23H2,1H3. The number of nitrogens with two attached hydrogens (primary N) is 1. The topological polar surface area (TPSA) is 90.6 Å². The number of esters is 2. The van der Waals surface area contributed by atoms with Gasteiger partial charge in [0.05, 0.1) is 0 Å². The van der Waals surface area contributed by atoms with Crippen LogP contribution in [-0.2, 0) is 32.3 Å². The lowest BCUT2D eigenvalue weighted by Crippen LogP contribution is -2.37. The third-order valence-electron chi connectivity index (χ3n) is 4.39. The first-order chi connectivity index (χ1) is 13.6. The second-order valence-corrected chi connectivity index (χ2v) is 6.57. The molecule has 6 nitrogen and oxygen atoms in total. The van der Waals surface area contributed by atoms with Crippen molar-refractivity contribution in [3.8, 4) is 0 Å². The predicted octanol–water partition coefficient (Wildman–Crippen LogP) is 2.56. The Kier molecular flexibility index (Phi) is 9.18. The molecule has 3 N–H and O–H groups in total. The van der Waals surface area contributed by atoms with Crippen molar-refractivity contribution in [2.24, 2.45) is 5.73 Å². The van der Waals surface area contributed by atoms with Gasteiger partial charge in [-0.1, -0.05) is 60.7 Å². The Balaban J connectivity index is 1.67. The number of hydrogen-bond acceptors (Lipinski definition) is 6. The maximum absolute atomic E-state index is 12.2. The number of carbonyl (C=O) groups excluding carboxylic acids is 2. The zero-order valence-corrected chi connectivity index (χ0v) is 16.2. The summed E-state index contributed by atoms with van der Waals surface area (Å²) < 4.78 is 10.6. The van der Waals surface area contributed by atoms with Gasteiger partial charge in [-0.05, 0) is 37.4 Å². The molecule has 2 rings (SSSR count). The van der Waals surface area contributed by atoms with E-state index in [0.29, 0.717) is 19.3 Å². The third kappa shape index (κ3) is 7.50. The van der Waals surface area contributed by atoms with Gasteiger partial charge in [0.1, 0.15) is 25.3 Å². The molecule has 0 fully saturated rings. The summed E-state index contributed by atoms with van der Waals surface area (Å²) in [5.74, 6) is -0.747. The van der Waals surface area contributed by atoms with Gasteiger partial charge >= 0.3 is 11.9 Å². The fourth-order valence-corrected chi connectivity index (χ4v) is 2.70. The number of likely N-dealkylation sites (N-methyl/N-ethyl adjacent to an activating group) is 1. The normalized spacial score (nSPS) is 12.8. The maximum Gasteiger partial charge on any atom is 0.323 e. The lowest BCUT2D eigenvalue weighted by Gasteiger charge is -2.16. The molecule has 0 radical (unpaired) electrons. The minimum Gasteiger partial charge on any atom is -0.460 e. The van der Waals surface area contributed by atoms with Crippen LogP contribution in [0.5, 0.6) is 0 Å². The summed E-state index contributed by atoms with van der Waals surface area (Å²) in [7, 11) is 1.71. The molecule has 0 saturated carbocycles. The zero-order chi connectivity index (χ0) is 20.2. The number of rotatable bonds is 11. The quantitative estimate of drug-likeness (QED) is 0.579. The van der Waals surface area contributed by atoms with Crippen LogP contribution in [0.3, 0.4) is 0 Å². The summed E-state index contributed by atoms with van der Waals surface area (Å²) in [4.78, 5) is 24.2. The Bertz CT molecular complexity index is 722. The van der Waals surface area contributed by atoms with Crippen molar-refractivity contribution >= 4 is 11.9 Å². The van der Waals surface area contributed by atoms with Crippen molar-refractivity contribution in [2.45, 2.75) is 44.6 Å². The molecule has 0 spiro atoms. The largest absolute Gasteiger partial charge is 0.460 e. The van der Waals surface area contributed by atoms with E-state index in [1.807, 2.05) is 60.7 Å². The third-order valence-corrected chi connectivity index (χ3v) is 4.39. The highest BCUT2D eigenvalue weighted by atomic mass is 16.5. The van der Waals surface area contributed by atoms with Crippen LogP contribution in [0.4, 0.5) is 0 Å². The summed E-state index contributed by atoms with van der Waals surface area (Å²) in [6.45, 7) is 0.446. The van der Waals surface area contributed by atoms with Gasteiger partial charge in [0.25, 0.3) is 0 Å². The van der Waals surface area contributed by atoms with Crippen LogP contribution in [0.1, 0.15) is 30.4 Å². The molecule has 0 bridgehead atoms. The van der Waals surface area contributed by atoms with Crippen LogP contribution in [0, 0.1) is 0 Å². The molecule has 2 aromatic carbocycles. The van der Waals surface area contributed by atoms with E-state index < -0.39 is 18.1 Å². The molecule has 28 heavy (non-hydrogen) atoms. The average molecular weight is 384 g/mol. The molecular weight excluding hydrogens is 356 g/mol. The summed E-state index contributed by atoms with van der Waals surface area (Å²) in [5, 5.41) is 2.96. The SMILES string of the molecule is CNC(CCCC(N)C(=O)OCc1ccccc1)C(=O)OCc1ccccc1. The fraction of sp³-hybridized carbons (Fsp3) is 0.364. The molecule has 0 aliphatic carbocycles. The van der Waals surface area contributed by atoms with E-state index >= 15 is 0 Å². The average Bonchev–Trinajstić information content (AvgIpc) is 2.74. The van der Waals surface area contributed by atoms with Gasteiger partial charge in [-0.2, -0.15) is 0 Å². The first-order valence-electron chi connectivity index (χ1n) is 9.44. The fourth-order valence-electron chi connectivity index (χ4n) is 2.70. The summed E-state index contributed by atoms with van der Waals surface area (Å²) >= 11 is 0. The Morgan fingerprint density at radius 3 is 1.86 bits per heavy atom. The Morgan fingerprint density at radius 2 is 1.36 bits per heavy atom. The zero-order valence-electron chi connectivity index (χ0n) is 16.2. The second kappa shape index (κ2) is 11.9. The van der Waals surface area contributed by atoms with Crippen LogP contribution in [0.2, 0.25) is 0 Å². The smallest absolute Gasteiger partial charge is 0.323 e. The van der Waals surface area contributed by atoms with Crippen LogP contribution in [0.25, 0.3) is 0 Å². The van der Waals surface area contributed by atoms with Crippen molar-refractivity contribution in [2.75, 3.05) is 7.05 Å². The van der Waals surface area contributed by atoms with Gasteiger partial charge < -0.3 is 20.5 Å². The molecule has 150 valence electrons. The molecular formula is C22H28N2O4. The monoisotopic (exact) mass is 384 g/mol. The molecule has 0 aliphatic rings. The van der Waals surface area contributed by atoms with Gasteiger partial charge in [-0.25, -0.2) is 0 Å². The van der Waals surface area contributed by atoms with Crippen molar-refractivity contribution in [3.63, 3.8) is 0 Å². The van der Waals surface area contributed by atoms with Crippen LogP contribution in [0.15, 0.2) is 60.7 Å². The molecule has 0 saturated heterocycles. The van der Waals surface area contributed by atoms with Crippen LogP contribution in [-0.4, -0.2) is 31.1 Å². The van der Waals surface area contributed by atoms with Gasteiger partial charge in [-0.15, -0.1) is 0 Å². The molecule has 0 aromatic heterocycles. The molecule has 0 amide bonds. The Labute approximate surface area is 166 Å². The van der Waals surface area contributed by atoms with Gasteiger partial charge in [0.2, 0.25) is 0 Å². The van der Waals surface area contributed by atoms with E-state index in [0.717, 1.165) is 11.1 Å². The number of ether oxygens (including phenoxy) is 2. The number of nitrogens with one attached hydrogen (secondary N) is 1. The van der Waals surface area contributed by atoms with E-state index in [9.17, 15) is 9.59 Å². The van der Waals surface area contributed by atoms with Crippen molar-refractivity contribution in [3.05, 3.63) is 71.8 Å². The van der Waals surface area contributed by atoms with E-state index in [2.05, 4.69) is 5.32 Å². The molecule has 0 heterocycles. The minimum atomic E-state index is -0.707. The van der Waals surface area contributed by atoms with E-state index in [4.69, 9.17) is 15.2 Å². The highest BCUT2D eigenvalue weighted by Crippen LogP contribution is 2.09. The molecule has 6 heteroatoms. The Morgan fingerprint density at radius 1 is 0.857 bits per heavy atom. The first-order valence-corrected chi connectivity index (χ1v) is 9.44. The Hall–Kier alpha value is -2.70. The summed E-state index contributed by atoms with van der Waals surface area (Å²) in [5.41, 5.74) is 7.76. The van der Waals surface area contributed by atoms with E-state index in [1.165, 1.54) is 0 Å². The van der Waals surface area contributed by atoms with Crippen molar-refractivity contribution < 1.29 is 19.1 Å². The van der Waals surface area contributed by atoms with Gasteiger partial charge in [0.15, 0.2) is 0 Å². The minimum absolute atomic E-state index is 0.207. The van der Waals surface area contributed by atoms with Crippen molar-refractivity contribution in [1.82, 2.24) is 5.32 Å². The lowest BCUT2D eigenvalue weighted by molar-refractivity contribution is -0.147. The second-order valence-electron chi connectivity index (χ2n) is 6.57. The van der Waals surface area contributed by atoms with E-state index in [-0.39, 0.29) is 19.2 Å². The number of carbonyl (C=O) groups is 2. The predicted molar refractivity (Wildman–Crippen MR) is 107 cm³/mol. The maximum atomic E-state index is 12.2. The first kappa shape index (κ1) is 21.6. The lowest BCUT2D eigenvalue weighted by atomic mass is 10.1. The molecule has 2 atom stereocenters. The summed E-state index contributed by atoms with van der Waals surface area (Å²) in [6, 6.07) is 17.8. The highest BCUT2D eigenvalue weighted by Gasteiger charge is 2.20. The van der Waals surface area contributed by atoms with Gasteiger partial charge in [-0.3, -0.25) is 9.59 Å². The molecule has 2 unspecified atom stereocenters. The molecule has 0 aliphatic heterocycles. The van der Waals surface area contributed by atoms with Crippen LogP contribution >= 0.6 is 0 Å². The highest BCUT2D eigenvalue weighted by molar-refractivity contribution is 5.76. The van der Waals surface area contributed by atoms with Crippen LogP contribution < -0.4 is 11.1 Å². The summed E-state index contributed by atoms with van der Waals surface area (Å²) in [6.07, 6.45) is 1.58. The van der Waals surface area contributed by atoms with Crippen molar-refractivity contribution in [1.29, 1.82) is 0 Å². The van der Waals surface area contributed by atoms with Gasteiger partial charge in [0, 0.05) is 0 Å². The number of hydrogen-bond donors (Lipinski definition) is 2. The number of benzene rings is 2. The van der Waals surface area contributed by atoms with E-state index in [1.54, 1.807) is 7.05 Å². The molecule has 2 aromatic rings.